The molecule has 1 aromatic carbocycles. The molecule has 0 aliphatic carbocycles. The fourth-order valence-electron chi connectivity index (χ4n) is 4.03. The van der Waals surface area contributed by atoms with Gasteiger partial charge in [0.1, 0.15) is 6.61 Å². The highest BCUT2D eigenvalue weighted by Crippen LogP contribution is 2.44. The van der Waals surface area contributed by atoms with Crippen LogP contribution in [-0.2, 0) is 14.3 Å². The number of carbonyl (C=O) groups excluding carboxylic acids is 2. The number of nitrogens with zero attached hydrogens (tertiary/aromatic N) is 3. The SMILES string of the molecule is C=CCOC(=O)C1=C(C)N=C2SC=C(CC(=O)N3CCCC3)N2C1c1ccccc1. The van der Waals surface area contributed by atoms with Crippen LogP contribution in [0.5, 0.6) is 0 Å². The van der Waals surface area contributed by atoms with Crippen LogP contribution in [0.1, 0.15) is 37.8 Å². The van der Waals surface area contributed by atoms with Gasteiger partial charge in [0.15, 0.2) is 5.17 Å². The van der Waals surface area contributed by atoms with Crippen molar-refractivity contribution in [2.75, 3.05) is 19.7 Å². The lowest BCUT2D eigenvalue weighted by atomic mass is 9.94. The zero-order valence-corrected chi connectivity index (χ0v) is 17.9. The van der Waals surface area contributed by atoms with E-state index in [1.807, 2.05) is 52.5 Å². The van der Waals surface area contributed by atoms with Gasteiger partial charge in [-0.1, -0.05) is 54.7 Å². The standard InChI is InChI=1S/C23H25N3O3S/c1-3-13-29-22(28)20-16(2)24-23-26(21(20)17-9-5-4-6-10-17)18(15-30-23)14-19(27)25-11-7-8-12-25/h3-6,9-10,15,21H,1,7-8,11-14H2,2H3. The fraction of sp³-hybridized carbons (Fsp3) is 0.348. The molecule has 1 unspecified atom stereocenters. The van der Waals surface area contributed by atoms with Gasteiger partial charge in [0.2, 0.25) is 5.91 Å². The van der Waals surface area contributed by atoms with E-state index in [-0.39, 0.29) is 18.6 Å². The molecule has 3 heterocycles. The Bertz CT molecular complexity index is 946. The molecule has 0 saturated carbocycles. The summed E-state index contributed by atoms with van der Waals surface area (Å²) >= 11 is 1.49. The van der Waals surface area contributed by atoms with Crippen molar-refractivity contribution in [1.29, 1.82) is 0 Å². The van der Waals surface area contributed by atoms with Gasteiger partial charge in [-0.15, -0.1) is 0 Å². The van der Waals surface area contributed by atoms with Crippen LogP contribution in [0, 0.1) is 0 Å². The first-order chi connectivity index (χ1) is 14.6. The minimum atomic E-state index is -0.411. The Balaban J connectivity index is 1.69. The van der Waals surface area contributed by atoms with Gasteiger partial charge in [-0.2, -0.15) is 0 Å². The van der Waals surface area contributed by atoms with Crippen LogP contribution in [0.2, 0.25) is 0 Å². The summed E-state index contributed by atoms with van der Waals surface area (Å²) in [5.74, 6) is -0.291. The Labute approximate surface area is 181 Å². The number of likely N-dealkylation sites (tertiary alicyclic amines) is 1. The Morgan fingerprint density at radius 2 is 2.00 bits per heavy atom. The van der Waals surface area contributed by atoms with Crippen LogP contribution in [-0.4, -0.2) is 46.5 Å². The van der Waals surface area contributed by atoms with Crippen molar-refractivity contribution in [1.82, 2.24) is 9.80 Å². The van der Waals surface area contributed by atoms with Gasteiger partial charge >= 0.3 is 5.97 Å². The van der Waals surface area contributed by atoms with Crippen molar-refractivity contribution in [3.8, 4) is 0 Å². The maximum absolute atomic E-state index is 13.0. The molecule has 30 heavy (non-hydrogen) atoms. The number of thioether (sulfide) groups is 1. The highest BCUT2D eigenvalue weighted by Gasteiger charge is 2.41. The highest BCUT2D eigenvalue weighted by atomic mass is 32.2. The Hall–Kier alpha value is -2.80. The second-order valence-corrected chi connectivity index (χ2v) is 8.29. The highest BCUT2D eigenvalue weighted by molar-refractivity contribution is 8.16. The van der Waals surface area contributed by atoms with E-state index in [2.05, 4.69) is 11.6 Å². The summed E-state index contributed by atoms with van der Waals surface area (Å²) in [4.78, 5) is 34.4. The van der Waals surface area contributed by atoms with E-state index in [4.69, 9.17) is 4.74 Å². The van der Waals surface area contributed by atoms with Crippen molar-refractivity contribution in [3.05, 3.63) is 70.9 Å². The van der Waals surface area contributed by atoms with Gasteiger partial charge in [-0.05, 0) is 30.7 Å². The van der Waals surface area contributed by atoms with Crippen LogP contribution in [0.4, 0.5) is 0 Å². The molecule has 1 aromatic rings. The smallest absolute Gasteiger partial charge is 0.338 e. The first-order valence-corrected chi connectivity index (χ1v) is 11.0. The quantitative estimate of drug-likeness (QED) is 0.511. The molecule has 0 bridgehead atoms. The molecule has 0 aromatic heterocycles. The van der Waals surface area contributed by atoms with Crippen LogP contribution in [0.25, 0.3) is 0 Å². The molecular formula is C23H25N3O3S. The van der Waals surface area contributed by atoms with E-state index in [1.54, 1.807) is 6.08 Å². The predicted molar refractivity (Wildman–Crippen MR) is 118 cm³/mol. The minimum Gasteiger partial charge on any atom is -0.458 e. The lowest BCUT2D eigenvalue weighted by Crippen LogP contribution is -2.38. The number of benzene rings is 1. The molecule has 7 heteroatoms. The van der Waals surface area contributed by atoms with Crippen molar-refractivity contribution in [2.24, 2.45) is 4.99 Å². The molecule has 1 saturated heterocycles. The second-order valence-electron chi connectivity index (χ2n) is 7.46. The van der Waals surface area contributed by atoms with Gasteiger partial charge in [0.25, 0.3) is 0 Å². The van der Waals surface area contributed by atoms with Crippen LogP contribution < -0.4 is 0 Å². The van der Waals surface area contributed by atoms with Gasteiger partial charge in [0, 0.05) is 18.8 Å². The van der Waals surface area contributed by atoms with Crippen LogP contribution in [0.15, 0.2) is 70.4 Å². The number of esters is 1. The summed E-state index contributed by atoms with van der Waals surface area (Å²) < 4.78 is 5.39. The molecule has 1 amide bonds. The van der Waals surface area contributed by atoms with E-state index in [0.29, 0.717) is 17.7 Å². The number of hydrogen-bond donors (Lipinski definition) is 0. The zero-order chi connectivity index (χ0) is 21.1. The summed E-state index contributed by atoms with van der Waals surface area (Å²) in [6.45, 7) is 7.23. The number of amides is 1. The van der Waals surface area contributed by atoms with Crippen molar-refractivity contribution in [2.45, 2.75) is 32.2 Å². The van der Waals surface area contributed by atoms with Gasteiger partial charge in [0.05, 0.1) is 23.7 Å². The maximum Gasteiger partial charge on any atom is 0.338 e. The number of aliphatic imine (C=N–C) groups is 1. The van der Waals surface area contributed by atoms with Crippen molar-refractivity contribution >= 4 is 28.8 Å². The van der Waals surface area contributed by atoms with E-state index < -0.39 is 5.97 Å². The summed E-state index contributed by atoms with van der Waals surface area (Å²) in [6, 6.07) is 9.44. The number of ether oxygens (including phenoxy) is 1. The number of rotatable bonds is 6. The fourth-order valence-corrected chi connectivity index (χ4v) is 4.99. The predicted octanol–water partition coefficient (Wildman–Crippen LogP) is 4.00. The second kappa shape index (κ2) is 8.92. The molecule has 0 spiro atoms. The summed E-state index contributed by atoms with van der Waals surface area (Å²) in [5.41, 5.74) is 2.95. The van der Waals surface area contributed by atoms with Crippen molar-refractivity contribution < 1.29 is 14.3 Å². The number of carbonyl (C=O) groups is 2. The van der Waals surface area contributed by atoms with Gasteiger partial charge in [-0.3, -0.25) is 4.79 Å². The van der Waals surface area contributed by atoms with E-state index >= 15 is 0 Å². The molecule has 0 N–H and O–H groups in total. The summed E-state index contributed by atoms with van der Waals surface area (Å²) in [7, 11) is 0. The van der Waals surface area contributed by atoms with Gasteiger partial charge in [-0.25, -0.2) is 9.79 Å². The minimum absolute atomic E-state index is 0.120. The first kappa shape index (κ1) is 20.5. The van der Waals surface area contributed by atoms with Gasteiger partial charge < -0.3 is 14.5 Å². The molecule has 0 radical (unpaired) electrons. The third-order valence-electron chi connectivity index (χ3n) is 5.46. The normalized spacial score (nSPS) is 20.6. The average molecular weight is 424 g/mol. The Morgan fingerprint density at radius 3 is 2.70 bits per heavy atom. The number of fused-ring (bicyclic) bond motifs is 1. The Morgan fingerprint density at radius 1 is 1.27 bits per heavy atom. The van der Waals surface area contributed by atoms with Crippen LogP contribution in [0.3, 0.4) is 0 Å². The van der Waals surface area contributed by atoms with Crippen LogP contribution >= 0.6 is 11.8 Å². The van der Waals surface area contributed by atoms with E-state index in [1.165, 1.54) is 11.8 Å². The lowest BCUT2D eigenvalue weighted by Gasteiger charge is -2.36. The van der Waals surface area contributed by atoms with Crippen molar-refractivity contribution in [3.63, 3.8) is 0 Å². The van der Waals surface area contributed by atoms with E-state index in [0.717, 1.165) is 42.4 Å². The molecule has 1 atom stereocenters. The molecule has 3 aliphatic rings. The Kier molecular flexibility index (Phi) is 6.08. The average Bonchev–Trinajstić information content (AvgIpc) is 3.42. The topological polar surface area (TPSA) is 62.2 Å². The first-order valence-electron chi connectivity index (χ1n) is 10.1. The van der Waals surface area contributed by atoms with E-state index in [9.17, 15) is 9.59 Å². The maximum atomic E-state index is 13.0. The number of allylic oxidation sites excluding steroid dienone is 1. The lowest BCUT2D eigenvalue weighted by molar-refractivity contribution is -0.138. The molecule has 1 fully saturated rings. The monoisotopic (exact) mass is 423 g/mol. The largest absolute Gasteiger partial charge is 0.458 e. The third kappa shape index (κ3) is 3.94. The number of hydrogen-bond acceptors (Lipinski definition) is 6. The molecule has 3 aliphatic heterocycles. The summed E-state index contributed by atoms with van der Waals surface area (Å²) in [6.07, 6.45) is 3.96. The molecular weight excluding hydrogens is 398 g/mol. The molecule has 156 valence electrons. The molecule has 4 rings (SSSR count). The third-order valence-corrected chi connectivity index (χ3v) is 6.35. The zero-order valence-electron chi connectivity index (χ0n) is 17.0. The summed E-state index contributed by atoms with van der Waals surface area (Å²) in [5, 5.41) is 2.76. The number of amidine groups is 1. The molecule has 6 nitrogen and oxygen atoms in total.